The van der Waals surface area contributed by atoms with Gasteiger partial charge in [-0.25, -0.2) is 0 Å². The highest BCUT2D eigenvalue weighted by Gasteiger charge is 2.67. The first-order valence-electron chi connectivity index (χ1n) is 6.01. The Balaban J connectivity index is 2.08. The van der Waals surface area contributed by atoms with Crippen LogP contribution in [0.25, 0.3) is 0 Å². The van der Waals surface area contributed by atoms with Crippen LogP contribution in [-0.2, 0) is 23.8 Å². The van der Waals surface area contributed by atoms with Gasteiger partial charge in [0.15, 0.2) is 5.41 Å². The second-order valence-electron chi connectivity index (χ2n) is 4.87. The number of hydrogen-bond acceptors (Lipinski definition) is 5. The molecule has 5 nitrogen and oxygen atoms in total. The molecule has 0 bridgehead atoms. The second-order valence-corrected chi connectivity index (χ2v) is 4.87. The van der Waals surface area contributed by atoms with E-state index in [1.165, 1.54) is 0 Å². The zero-order chi connectivity index (χ0) is 12.5. The number of ether oxygens (including phenoxy) is 3. The third kappa shape index (κ3) is 1.82. The van der Waals surface area contributed by atoms with E-state index in [1.54, 1.807) is 13.8 Å². The molecule has 0 amide bonds. The average molecular weight is 242 g/mol. The van der Waals surface area contributed by atoms with Crippen molar-refractivity contribution in [3.63, 3.8) is 0 Å². The largest absolute Gasteiger partial charge is 0.465 e. The van der Waals surface area contributed by atoms with E-state index >= 15 is 0 Å². The molecule has 0 aromatic rings. The fourth-order valence-corrected chi connectivity index (χ4v) is 2.73. The monoisotopic (exact) mass is 242 g/mol. The second kappa shape index (κ2) is 4.29. The van der Waals surface area contributed by atoms with Crippen LogP contribution in [0.4, 0.5) is 0 Å². The van der Waals surface area contributed by atoms with Crippen LogP contribution in [0.3, 0.4) is 0 Å². The Morgan fingerprint density at radius 2 is 1.53 bits per heavy atom. The summed E-state index contributed by atoms with van der Waals surface area (Å²) in [7, 11) is 0. The van der Waals surface area contributed by atoms with Crippen molar-refractivity contribution in [3.8, 4) is 0 Å². The number of rotatable bonds is 4. The lowest BCUT2D eigenvalue weighted by Gasteiger charge is -2.56. The number of esters is 2. The van der Waals surface area contributed by atoms with E-state index in [4.69, 9.17) is 14.2 Å². The Labute approximate surface area is 100 Å². The first-order valence-corrected chi connectivity index (χ1v) is 6.01. The summed E-state index contributed by atoms with van der Waals surface area (Å²) in [4.78, 5) is 23.9. The maximum absolute atomic E-state index is 11.9. The van der Waals surface area contributed by atoms with Crippen LogP contribution >= 0.6 is 0 Å². The van der Waals surface area contributed by atoms with Crippen molar-refractivity contribution in [3.05, 3.63) is 0 Å². The topological polar surface area (TPSA) is 61.8 Å². The van der Waals surface area contributed by atoms with E-state index in [2.05, 4.69) is 0 Å². The minimum Gasteiger partial charge on any atom is -0.465 e. The van der Waals surface area contributed by atoms with Gasteiger partial charge in [0.05, 0.1) is 26.4 Å². The van der Waals surface area contributed by atoms with E-state index < -0.39 is 17.4 Å². The van der Waals surface area contributed by atoms with Crippen LogP contribution < -0.4 is 0 Å². The summed E-state index contributed by atoms with van der Waals surface area (Å²) >= 11 is 0. The van der Waals surface area contributed by atoms with Crippen molar-refractivity contribution in [2.75, 3.05) is 26.4 Å². The standard InChI is InChI=1S/C12H18O5/c1-3-16-9(13)12(10(14)17-4-2)5-11(6-12)7-15-8-11/h3-8H2,1-2H3. The Kier molecular flexibility index (Phi) is 3.12. The number of carbonyl (C=O) groups is 2. The predicted molar refractivity (Wildman–Crippen MR) is 58.2 cm³/mol. The van der Waals surface area contributed by atoms with Gasteiger partial charge in [0.25, 0.3) is 0 Å². The molecular weight excluding hydrogens is 224 g/mol. The smallest absolute Gasteiger partial charge is 0.323 e. The molecule has 0 N–H and O–H groups in total. The van der Waals surface area contributed by atoms with Crippen LogP contribution in [0.1, 0.15) is 26.7 Å². The lowest BCUT2D eigenvalue weighted by Crippen LogP contribution is -2.64. The maximum atomic E-state index is 11.9. The Bertz CT molecular complexity index is 304. The molecule has 1 saturated carbocycles. The highest BCUT2D eigenvalue weighted by Crippen LogP contribution is 2.59. The van der Waals surface area contributed by atoms with E-state index in [0.29, 0.717) is 26.1 Å². The molecule has 0 unspecified atom stereocenters. The van der Waals surface area contributed by atoms with Gasteiger partial charge in [0.2, 0.25) is 0 Å². The predicted octanol–water partition coefficient (Wildman–Crippen LogP) is 0.909. The molecule has 96 valence electrons. The SMILES string of the molecule is CCOC(=O)C1(C(=O)OCC)CC2(COC2)C1. The summed E-state index contributed by atoms with van der Waals surface area (Å²) in [5, 5.41) is 0. The third-order valence-electron chi connectivity index (χ3n) is 3.50. The van der Waals surface area contributed by atoms with Crippen LogP contribution in [0.5, 0.6) is 0 Å². The van der Waals surface area contributed by atoms with Gasteiger partial charge in [0.1, 0.15) is 0 Å². The zero-order valence-corrected chi connectivity index (χ0v) is 10.3. The zero-order valence-electron chi connectivity index (χ0n) is 10.3. The maximum Gasteiger partial charge on any atom is 0.323 e. The summed E-state index contributed by atoms with van der Waals surface area (Å²) in [5.74, 6) is -0.896. The van der Waals surface area contributed by atoms with Gasteiger partial charge in [-0.3, -0.25) is 9.59 Å². The van der Waals surface area contributed by atoms with Gasteiger partial charge in [-0.2, -0.15) is 0 Å². The Morgan fingerprint density at radius 1 is 1.06 bits per heavy atom. The molecule has 1 saturated heterocycles. The van der Waals surface area contributed by atoms with Gasteiger partial charge < -0.3 is 14.2 Å². The Morgan fingerprint density at radius 3 is 1.82 bits per heavy atom. The van der Waals surface area contributed by atoms with Crippen molar-refractivity contribution >= 4 is 11.9 Å². The van der Waals surface area contributed by atoms with Crippen LogP contribution in [0, 0.1) is 10.8 Å². The molecular formula is C12H18O5. The molecule has 17 heavy (non-hydrogen) atoms. The fourth-order valence-electron chi connectivity index (χ4n) is 2.73. The van der Waals surface area contributed by atoms with Crippen LogP contribution in [-0.4, -0.2) is 38.4 Å². The first kappa shape index (κ1) is 12.4. The van der Waals surface area contributed by atoms with Gasteiger partial charge >= 0.3 is 11.9 Å². The van der Waals surface area contributed by atoms with Gasteiger partial charge in [-0.05, 0) is 26.7 Å². The third-order valence-corrected chi connectivity index (χ3v) is 3.50. The lowest BCUT2D eigenvalue weighted by molar-refractivity contribution is -0.230. The summed E-state index contributed by atoms with van der Waals surface area (Å²) in [5.41, 5.74) is -1.06. The van der Waals surface area contributed by atoms with E-state index in [1.807, 2.05) is 0 Å². The van der Waals surface area contributed by atoms with Crippen LogP contribution in [0.2, 0.25) is 0 Å². The summed E-state index contributed by atoms with van der Waals surface area (Å²) in [6.07, 6.45) is 0.995. The van der Waals surface area contributed by atoms with Crippen molar-refractivity contribution in [1.29, 1.82) is 0 Å². The molecule has 1 aliphatic heterocycles. The van der Waals surface area contributed by atoms with Crippen LogP contribution in [0.15, 0.2) is 0 Å². The molecule has 2 fully saturated rings. The summed E-state index contributed by atoms with van der Waals surface area (Å²) in [6, 6.07) is 0. The number of hydrogen-bond donors (Lipinski definition) is 0. The van der Waals surface area contributed by atoms with E-state index in [0.717, 1.165) is 0 Å². The van der Waals surface area contributed by atoms with E-state index in [9.17, 15) is 9.59 Å². The van der Waals surface area contributed by atoms with Crippen molar-refractivity contribution in [1.82, 2.24) is 0 Å². The normalized spacial score (nSPS) is 23.4. The van der Waals surface area contributed by atoms with Gasteiger partial charge in [0, 0.05) is 5.41 Å². The molecule has 0 atom stereocenters. The molecule has 0 aromatic heterocycles. The summed E-state index contributed by atoms with van der Waals surface area (Å²) in [6.45, 7) is 5.30. The average Bonchev–Trinajstić information content (AvgIpc) is 2.14. The van der Waals surface area contributed by atoms with Crippen molar-refractivity contribution < 1.29 is 23.8 Å². The fraction of sp³-hybridized carbons (Fsp3) is 0.833. The van der Waals surface area contributed by atoms with Crippen molar-refractivity contribution in [2.45, 2.75) is 26.7 Å². The van der Waals surface area contributed by atoms with E-state index in [-0.39, 0.29) is 18.6 Å². The molecule has 0 radical (unpaired) electrons. The molecule has 2 rings (SSSR count). The molecule has 1 spiro atoms. The summed E-state index contributed by atoms with van der Waals surface area (Å²) < 4.78 is 15.1. The Hall–Kier alpha value is -1.10. The van der Waals surface area contributed by atoms with Crippen molar-refractivity contribution in [2.24, 2.45) is 10.8 Å². The van der Waals surface area contributed by atoms with Gasteiger partial charge in [-0.15, -0.1) is 0 Å². The molecule has 1 heterocycles. The molecule has 1 aliphatic carbocycles. The highest BCUT2D eigenvalue weighted by molar-refractivity contribution is 6.01. The minimum absolute atomic E-state index is 0.0134. The molecule has 2 aliphatic rings. The first-order chi connectivity index (χ1) is 8.08. The van der Waals surface area contributed by atoms with Gasteiger partial charge in [-0.1, -0.05) is 0 Å². The minimum atomic E-state index is -1.07. The highest BCUT2D eigenvalue weighted by atomic mass is 16.6. The molecule has 5 heteroatoms. The number of carbonyl (C=O) groups excluding carboxylic acids is 2. The molecule has 0 aromatic carbocycles. The lowest BCUT2D eigenvalue weighted by atomic mass is 9.51. The quantitative estimate of drug-likeness (QED) is 0.541.